The Morgan fingerprint density at radius 2 is 2.00 bits per heavy atom. The summed E-state index contributed by atoms with van der Waals surface area (Å²) in [7, 11) is 0. The highest BCUT2D eigenvalue weighted by Crippen LogP contribution is 2.20. The molecular formula is C17H21N3O. The van der Waals surface area contributed by atoms with Gasteiger partial charge in [-0.05, 0) is 41.7 Å². The Balaban J connectivity index is 1.85. The maximum atomic E-state index is 11.8. The monoisotopic (exact) mass is 283 g/mol. The molecule has 4 heteroatoms. The van der Waals surface area contributed by atoms with Crippen molar-refractivity contribution in [1.82, 2.24) is 10.3 Å². The van der Waals surface area contributed by atoms with Gasteiger partial charge in [-0.2, -0.15) is 0 Å². The van der Waals surface area contributed by atoms with Crippen LogP contribution in [0.15, 0.2) is 48.8 Å². The third-order valence-electron chi connectivity index (χ3n) is 3.53. The van der Waals surface area contributed by atoms with Crippen LogP contribution in [0.5, 0.6) is 0 Å². The zero-order valence-electron chi connectivity index (χ0n) is 12.5. The maximum absolute atomic E-state index is 11.8. The van der Waals surface area contributed by atoms with Crippen molar-refractivity contribution in [1.29, 1.82) is 0 Å². The second kappa shape index (κ2) is 7.43. The standard InChI is InChI=1S/C17H21N3O/c1-3-13(2)15-6-8-16(9-7-15)20-17(21)19-12-14-5-4-10-18-11-14/h4-11,13H,3,12H2,1-2H3,(H2,19,20,21)/t13-/m0/s1. The van der Waals surface area contributed by atoms with E-state index >= 15 is 0 Å². The molecule has 1 aromatic carbocycles. The van der Waals surface area contributed by atoms with E-state index in [1.807, 2.05) is 24.3 Å². The molecule has 0 bridgehead atoms. The van der Waals surface area contributed by atoms with Crippen LogP contribution in [-0.4, -0.2) is 11.0 Å². The van der Waals surface area contributed by atoms with Crippen molar-refractivity contribution >= 4 is 11.7 Å². The van der Waals surface area contributed by atoms with Crippen LogP contribution in [0.1, 0.15) is 37.3 Å². The Kier molecular flexibility index (Phi) is 5.32. The van der Waals surface area contributed by atoms with E-state index in [0.29, 0.717) is 12.5 Å². The van der Waals surface area contributed by atoms with Gasteiger partial charge < -0.3 is 10.6 Å². The SMILES string of the molecule is CC[C@H](C)c1ccc(NC(=O)NCc2cccnc2)cc1. The summed E-state index contributed by atoms with van der Waals surface area (Å²) in [4.78, 5) is 15.8. The summed E-state index contributed by atoms with van der Waals surface area (Å²) in [5.41, 5.74) is 3.06. The lowest BCUT2D eigenvalue weighted by molar-refractivity contribution is 0.251. The van der Waals surface area contributed by atoms with E-state index in [0.717, 1.165) is 17.7 Å². The summed E-state index contributed by atoms with van der Waals surface area (Å²) >= 11 is 0. The van der Waals surface area contributed by atoms with Gasteiger partial charge in [0, 0.05) is 24.6 Å². The zero-order chi connectivity index (χ0) is 15.1. The molecule has 110 valence electrons. The molecule has 0 saturated heterocycles. The number of pyridine rings is 1. The number of hydrogen-bond donors (Lipinski definition) is 2. The minimum Gasteiger partial charge on any atom is -0.334 e. The number of aromatic nitrogens is 1. The number of urea groups is 1. The van der Waals surface area contributed by atoms with Gasteiger partial charge in [0.25, 0.3) is 0 Å². The van der Waals surface area contributed by atoms with Gasteiger partial charge in [-0.3, -0.25) is 4.98 Å². The number of hydrogen-bond acceptors (Lipinski definition) is 2. The summed E-state index contributed by atoms with van der Waals surface area (Å²) in [5, 5.41) is 5.63. The van der Waals surface area contributed by atoms with Gasteiger partial charge in [-0.15, -0.1) is 0 Å². The molecule has 0 radical (unpaired) electrons. The van der Waals surface area contributed by atoms with Gasteiger partial charge in [0.1, 0.15) is 0 Å². The van der Waals surface area contributed by atoms with Gasteiger partial charge in [-0.25, -0.2) is 4.79 Å². The minimum absolute atomic E-state index is 0.213. The second-order valence-corrected chi connectivity index (χ2v) is 5.10. The van der Waals surface area contributed by atoms with Crippen molar-refractivity contribution < 1.29 is 4.79 Å². The van der Waals surface area contributed by atoms with Crippen molar-refractivity contribution in [3.63, 3.8) is 0 Å². The second-order valence-electron chi connectivity index (χ2n) is 5.10. The lowest BCUT2D eigenvalue weighted by Gasteiger charge is -2.11. The predicted octanol–water partition coefficient (Wildman–Crippen LogP) is 3.92. The largest absolute Gasteiger partial charge is 0.334 e. The summed E-state index contributed by atoms with van der Waals surface area (Å²) in [6.07, 6.45) is 4.56. The van der Waals surface area contributed by atoms with Gasteiger partial charge in [0.2, 0.25) is 0 Å². The molecule has 1 aromatic heterocycles. The number of nitrogens with zero attached hydrogens (tertiary/aromatic N) is 1. The number of rotatable bonds is 5. The first-order chi connectivity index (χ1) is 10.2. The molecule has 0 unspecified atom stereocenters. The molecule has 0 aliphatic heterocycles. The van der Waals surface area contributed by atoms with Gasteiger partial charge >= 0.3 is 6.03 Å². The predicted molar refractivity (Wildman–Crippen MR) is 85.2 cm³/mol. The first-order valence-corrected chi connectivity index (χ1v) is 7.22. The van der Waals surface area contributed by atoms with E-state index < -0.39 is 0 Å². The molecule has 2 N–H and O–H groups in total. The highest BCUT2D eigenvalue weighted by atomic mass is 16.2. The summed E-state index contributed by atoms with van der Waals surface area (Å²) in [6.45, 7) is 4.83. The van der Waals surface area contributed by atoms with Gasteiger partial charge in [0.05, 0.1) is 0 Å². The molecule has 1 heterocycles. The molecule has 0 spiro atoms. The number of carbonyl (C=O) groups is 1. The topological polar surface area (TPSA) is 54.0 Å². The van der Waals surface area contributed by atoms with E-state index in [9.17, 15) is 4.79 Å². The lowest BCUT2D eigenvalue weighted by Crippen LogP contribution is -2.28. The molecule has 0 aliphatic rings. The minimum atomic E-state index is -0.213. The van der Waals surface area contributed by atoms with Crippen LogP contribution in [0.25, 0.3) is 0 Å². The van der Waals surface area contributed by atoms with Crippen LogP contribution in [0.4, 0.5) is 10.5 Å². The van der Waals surface area contributed by atoms with E-state index in [4.69, 9.17) is 0 Å². The van der Waals surface area contributed by atoms with E-state index in [-0.39, 0.29) is 6.03 Å². The Labute approximate surface area is 125 Å². The molecule has 0 saturated carbocycles. The Bertz CT molecular complexity index is 566. The fourth-order valence-corrected chi connectivity index (χ4v) is 1.99. The highest BCUT2D eigenvalue weighted by Gasteiger charge is 2.04. The normalized spacial score (nSPS) is 11.7. The number of benzene rings is 1. The van der Waals surface area contributed by atoms with Crippen molar-refractivity contribution in [3.8, 4) is 0 Å². The van der Waals surface area contributed by atoms with E-state index in [1.165, 1.54) is 5.56 Å². The molecule has 2 aromatic rings. The molecule has 2 rings (SSSR count). The van der Waals surface area contributed by atoms with Crippen molar-refractivity contribution in [2.24, 2.45) is 0 Å². The molecule has 21 heavy (non-hydrogen) atoms. The van der Waals surface area contributed by atoms with Crippen LogP contribution < -0.4 is 10.6 Å². The fourth-order valence-electron chi connectivity index (χ4n) is 1.99. The number of amides is 2. The molecule has 1 atom stereocenters. The lowest BCUT2D eigenvalue weighted by atomic mass is 9.99. The van der Waals surface area contributed by atoms with Crippen molar-refractivity contribution in [2.45, 2.75) is 32.7 Å². The quantitative estimate of drug-likeness (QED) is 0.874. The van der Waals surface area contributed by atoms with Crippen LogP contribution in [0.2, 0.25) is 0 Å². The first-order valence-electron chi connectivity index (χ1n) is 7.22. The van der Waals surface area contributed by atoms with Crippen LogP contribution in [0.3, 0.4) is 0 Å². The number of anilines is 1. The Morgan fingerprint density at radius 1 is 1.24 bits per heavy atom. The fraction of sp³-hybridized carbons (Fsp3) is 0.294. The average Bonchev–Trinajstić information content (AvgIpc) is 2.54. The van der Waals surface area contributed by atoms with Crippen LogP contribution in [-0.2, 0) is 6.54 Å². The molecule has 4 nitrogen and oxygen atoms in total. The van der Waals surface area contributed by atoms with Crippen molar-refractivity contribution in [2.75, 3.05) is 5.32 Å². The third-order valence-corrected chi connectivity index (χ3v) is 3.53. The zero-order valence-corrected chi connectivity index (χ0v) is 12.5. The van der Waals surface area contributed by atoms with Gasteiger partial charge in [-0.1, -0.05) is 32.0 Å². The average molecular weight is 283 g/mol. The third kappa shape index (κ3) is 4.60. The summed E-state index contributed by atoms with van der Waals surface area (Å²) in [5.74, 6) is 0.540. The maximum Gasteiger partial charge on any atom is 0.319 e. The first kappa shape index (κ1) is 15.0. The van der Waals surface area contributed by atoms with Gasteiger partial charge in [0.15, 0.2) is 0 Å². The van der Waals surface area contributed by atoms with Crippen LogP contribution in [0, 0.1) is 0 Å². The van der Waals surface area contributed by atoms with E-state index in [2.05, 4.69) is 41.6 Å². The summed E-state index contributed by atoms with van der Waals surface area (Å²) in [6, 6.07) is 11.6. The summed E-state index contributed by atoms with van der Waals surface area (Å²) < 4.78 is 0. The van der Waals surface area contributed by atoms with Crippen molar-refractivity contribution in [3.05, 3.63) is 59.9 Å². The Hall–Kier alpha value is -2.36. The molecule has 0 aliphatic carbocycles. The smallest absolute Gasteiger partial charge is 0.319 e. The number of carbonyl (C=O) groups excluding carboxylic acids is 1. The Morgan fingerprint density at radius 3 is 2.62 bits per heavy atom. The molecular weight excluding hydrogens is 262 g/mol. The number of nitrogens with one attached hydrogen (secondary N) is 2. The highest BCUT2D eigenvalue weighted by molar-refractivity contribution is 5.89. The molecule has 2 amide bonds. The molecule has 0 fully saturated rings. The van der Waals surface area contributed by atoms with E-state index in [1.54, 1.807) is 12.4 Å². The van der Waals surface area contributed by atoms with Crippen LogP contribution >= 0.6 is 0 Å².